The molecule has 1 aliphatic rings. The molecule has 1 fully saturated rings. The van der Waals surface area contributed by atoms with Crippen LogP contribution in [0.4, 0.5) is 15.8 Å². The SMILES string of the molecule is Nc1cc(N2CCOCC2)ccc1F. The first kappa shape index (κ1) is 9.27. The Labute approximate surface area is 82.3 Å². The highest BCUT2D eigenvalue weighted by atomic mass is 19.1. The average molecular weight is 196 g/mol. The Kier molecular flexibility index (Phi) is 2.54. The first-order valence-corrected chi connectivity index (χ1v) is 4.65. The van der Waals surface area contributed by atoms with Gasteiger partial charge in [0.05, 0.1) is 18.9 Å². The summed E-state index contributed by atoms with van der Waals surface area (Å²) < 4.78 is 18.1. The van der Waals surface area contributed by atoms with Gasteiger partial charge in [-0.05, 0) is 18.2 Å². The van der Waals surface area contributed by atoms with Crippen molar-refractivity contribution in [2.45, 2.75) is 0 Å². The van der Waals surface area contributed by atoms with Crippen molar-refractivity contribution in [1.82, 2.24) is 0 Å². The number of hydrogen-bond donors (Lipinski definition) is 1. The largest absolute Gasteiger partial charge is 0.396 e. The minimum absolute atomic E-state index is 0.203. The molecule has 0 radical (unpaired) electrons. The second-order valence-electron chi connectivity index (χ2n) is 3.31. The molecule has 1 heterocycles. The van der Waals surface area contributed by atoms with Crippen LogP contribution in [0.2, 0.25) is 0 Å². The van der Waals surface area contributed by atoms with Crippen molar-refractivity contribution in [2.24, 2.45) is 0 Å². The van der Waals surface area contributed by atoms with Gasteiger partial charge in [-0.2, -0.15) is 0 Å². The molecule has 0 spiro atoms. The predicted molar refractivity (Wildman–Crippen MR) is 53.8 cm³/mol. The fourth-order valence-corrected chi connectivity index (χ4v) is 1.55. The lowest BCUT2D eigenvalue weighted by atomic mass is 10.2. The highest BCUT2D eigenvalue weighted by Crippen LogP contribution is 2.20. The van der Waals surface area contributed by atoms with E-state index in [0.717, 1.165) is 32.0 Å². The van der Waals surface area contributed by atoms with Crippen molar-refractivity contribution in [3.05, 3.63) is 24.0 Å². The average Bonchev–Trinajstić information content (AvgIpc) is 2.23. The number of nitrogens with two attached hydrogens (primary N) is 1. The van der Waals surface area contributed by atoms with Crippen molar-refractivity contribution in [3.8, 4) is 0 Å². The van der Waals surface area contributed by atoms with Crippen LogP contribution in [0.25, 0.3) is 0 Å². The number of nitrogen functional groups attached to an aromatic ring is 1. The van der Waals surface area contributed by atoms with E-state index in [1.54, 1.807) is 12.1 Å². The first-order chi connectivity index (χ1) is 6.77. The fourth-order valence-electron chi connectivity index (χ4n) is 1.55. The summed E-state index contributed by atoms with van der Waals surface area (Å²) in [6, 6.07) is 4.82. The number of hydrogen-bond acceptors (Lipinski definition) is 3. The zero-order valence-electron chi connectivity index (χ0n) is 7.87. The van der Waals surface area contributed by atoms with E-state index in [-0.39, 0.29) is 11.5 Å². The first-order valence-electron chi connectivity index (χ1n) is 4.65. The summed E-state index contributed by atoms with van der Waals surface area (Å²) in [6.07, 6.45) is 0. The summed E-state index contributed by atoms with van der Waals surface area (Å²) in [6.45, 7) is 3.12. The molecule has 0 saturated carbocycles. The molecule has 1 saturated heterocycles. The van der Waals surface area contributed by atoms with Gasteiger partial charge in [0.2, 0.25) is 0 Å². The van der Waals surface area contributed by atoms with Crippen molar-refractivity contribution < 1.29 is 9.13 Å². The van der Waals surface area contributed by atoms with Crippen LogP contribution in [-0.2, 0) is 4.74 Å². The van der Waals surface area contributed by atoms with Crippen molar-refractivity contribution >= 4 is 11.4 Å². The maximum absolute atomic E-state index is 12.9. The van der Waals surface area contributed by atoms with E-state index in [0.29, 0.717) is 0 Å². The van der Waals surface area contributed by atoms with E-state index >= 15 is 0 Å². The van der Waals surface area contributed by atoms with Gasteiger partial charge >= 0.3 is 0 Å². The van der Waals surface area contributed by atoms with E-state index in [1.807, 2.05) is 0 Å². The van der Waals surface area contributed by atoms with Crippen molar-refractivity contribution in [3.63, 3.8) is 0 Å². The van der Waals surface area contributed by atoms with Gasteiger partial charge in [-0.3, -0.25) is 0 Å². The van der Waals surface area contributed by atoms with Gasteiger partial charge in [-0.25, -0.2) is 4.39 Å². The fraction of sp³-hybridized carbons (Fsp3) is 0.400. The van der Waals surface area contributed by atoms with E-state index in [4.69, 9.17) is 10.5 Å². The number of morpholine rings is 1. The molecular formula is C10H13FN2O. The Hall–Kier alpha value is -1.29. The number of ether oxygens (including phenoxy) is 1. The normalized spacial score (nSPS) is 17.1. The summed E-state index contributed by atoms with van der Waals surface area (Å²) in [4.78, 5) is 2.14. The standard InChI is InChI=1S/C10H13FN2O/c11-9-2-1-8(7-10(9)12)13-3-5-14-6-4-13/h1-2,7H,3-6,12H2. The van der Waals surface area contributed by atoms with Gasteiger partial charge in [0.15, 0.2) is 0 Å². The molecule has 1 aliphatic heterocycles. The molecule has 76 valence electrons. The lowest BCUT2D eigenvalue weighted by Crippen LogP contribution is -2.36. The van der Waals surface area contributed by atoms with Crippen molar-refractivity contribution in [1.29, 1.82) is 0 Å². The summed E-state index contributed by atoms with van der Waals surface area (Å²) in [5.74, 6) is -0.359. The molecule has 0 unspecified atom stereocenters. The third kappa shape index (κ3) is 1.80. The third-order valence-electron chi connectivity index (χ3n) is 2.36. The van der Waals surface area contributed by atoms with Gasteiger partial charge in [0.25, 0.3) is 0 Å². The van der Waals surface area contributed by atoms with Gasteiger partial charge in [0.1, 0.15) is 5.82 Å². The van der Waals surface area contributed by atoms with E-state index in [1.165, 1.54) is 6.07 Å². The van der Waals surface area contributed by atoms with Crippen LogP contribution in [0, 0.1) is 5.82 Å². The maximum Gasteiger partial charge on any atom is 0.146 e. The monoisotopic (exact) mass is 196 g/mol. The van der Waals surface area contributed by atoms with Crippen molar-refractivity contribution in [2.75, 3.05) is 36.9 Å². The number of halogens is 1. The highest BCUT2D eigenvalue weighted by Gasteiger charge is 2.11. The summed E-state index contributed by atoms with van der Waals surface area (Å²) in [7, 11) is 0. The minimum atomic E-state index is -0.359. The molecule has 0 bridgehead atoms. The van der Waals surface area contributed by atoms with Crippen LogP contribution in [0.1, 0.15) is 0 Å². The van der Waals surface area contributed by atoms with E-state index < -0.39 is 0 Å². The van der Waals surface area contributed by atoms with E-state index in [9.17, 15) is 4.39 Å². The lowest BCUT2D eigenvalue weighted by Gasteiger charge is -2.29. The zero-order chi connectivity index (χ0) is 9.97. The van der Waals surface area contributed by atoms with Gasteiger partial charge in [-0.1, -0.05) is 0 Å². The van der Waals surface area contributed by atoms with Gasteiger partial charge in [0, 0.05) is 18.8 Å². The van der Waals surface area contributed by atoms with E-state index in [2.05, 4.69) is 4.90 Å². The molecule has 4 heteroatoms. The van der Waals surface area contributed by atoms with Gasteiger partial charge < -0.3 is 15.4 Å². The number of nitrogens with zero attached hydrogens (tertiary/aromatic N) is 1. The molecule has 2 rings (SSSR count). The lowest BCUT2D eigenvalue weighted by molar-refractivity contribution is 0.122. The Morgan fingerprint density at radius 1 is 1.29 bits per heavy atom. The Balaban J connectivity index is 2.18. The molecule has 0 atom stereocenters. The number of anilines is 2. The molecule has 1 aromatic rings. The molecule has 14 heavy (non-hydrogen) atoms. The number of benzene rings is 1. The molecule has 0 aliphatic carbocycles. The quantitative estimate of drug-likeness (QED) is 0.687. The summed E-state index contributed by atoms with van der Waals surface area (Å²) in [5, 5.41) is 0. The van der Waals surface area contributed by atoms with Crippen LogP contribution in [0.3, 0.4) is 0 Å². The molecule has 2 N–H and O–H groups in total. The zero-order valence-corrected chi connectivity index (χ0v) is 7.87. The summed E-state index contributed by atoms with van der Waals surface area (Å²) in [5.41, 5.74) is 6.66. The Bertz CT molecular complexity index is 324. The molecular weight excluding hydrogens is 183 g/mol. The van der Waals surface area contributed by atoms with Gasteiger partial charge in [-0.15, -0.1) is 0 Å². The van der Waals surface area contributed by atoms with Crippen LogP contribution in [0.5, 0.6) is 0 Å². The highest BCUT2D eigenvalue weighted by molar-refractivity contribution is 5.56. The summed E-state index contributed by atoms with van der Waals surface area (Å²) >= 11 is 0. The Morgan fingerprint density at radius 2 is 2.00 bits per heavy atom. The van der Waals surface area contributed by atoms with Crippen LogP contribution in [0.15, 0.2) is 18.2 Å². The second-order valence-corrected chi connectivity index (χ2v) is 3.31. The second kappa shape index (κ2) is 3.84. The minimum Gasteiger partial charge on any atom is -0.396 e. The van der Waals surface area contributed by atoms with Crippen LogP contribution < -0.4 is 10.6 Å². The number of rotatable bonds is 1. The third-order valence-corrected chi connectivity index (χ3v) is 2.36. The molecule has 3 nitrogen and oxygen atoms in total. The molecule has 0 aromatic heterocycles. The maximum atomic E-state index is 12.9. The smallest absolute Gasteiger partial charge is 0.146 e. The van der Waals surface area contributed by atoms with Crippen LogP contribution >= 0.6 is 0 Å². The topological polar surface area (TPSA) is 38.5 Å². The Morgan fingerprint density at radius 3 is 2.64 bits per heavy atom. The predicted octanol–water partition coefficient (Wildman–Crippen LogP) is 1.24. The molecule has 1 aromatic carbocycles. The molecule has 0 amide bonds. The van der Waals surface area contributed by atoms with Crippen LogP contribution in [-0.4, -0.2) is 26.3 Å².